The van der Waals surface area contributed by atoms with E-state index in [1.807, 2.05) is 24.1 Å². The van der Waals surface area contributed by atoms with Gasteiger partial charge in [-0.3, -0.25) is 0 Å². The molecule has 1 heterocycles. The van der Waals surface area contributed by atoms with Crippen LogP contribution in [0, 0.1) is 11.3 Å². The van der Waals surface area contributed by atoms with E-state index in [0.29, 0.717) is 22.3 Å². The Hall–Kier alpha value is -1.76. The molecule has 0 fully saturated rings. The Labute approximate surface area is 122 Å². The van der Waals surface area contributed by atoms with Crippen LogP contribution >= 0.6 is 23.2 Å². The SMILES string of the molecule is CN(Cc1nc(Cl)ccc1Cl)c1ccc(C#N)cc1. The fourth-order valence-corrected chi connectivity index (χ4v) is 2.01. The second-order valence-corrected chi connectivity index (χ2v) is 4.87. The summed E-state index contributed by atoms with van der Waals surface area (Å²) in [5, 5.41) is 9.78. The Morgan fingerprint density at radius 1 is 1.16 bits per heavy atom. The van der Waals surface area contributed by atoms with Crippen LogP contribution in [0.5, 0.6) is 0 Å². The molecule has 2 aromatic rings. The molecule has 1 aromatic carbocycles. The molecule has 0 aliphatic rings. The fourth-order valence-electron chi connectivity index (χ4n) is 1.67. The number of hydrogen-bond donors (Lipinski definition) is 0. The minimum absolute atomic E-state index is 0.424. The van der Waals surface area contributed by atoms with E-state index in [-0.39, 0.29) is 0 Å². The average molecular weight is 292 g/mol. The van der Waals surface area contributed by atoms with Gasteiger partial charge in [0.15, 0.2) is 0 Å². The molecule has 0 spiro atoms. The topological polar surface area (TPSA) is 39.9 Å². The largest absolute Gasteiger partial charge is 0.369 e. The van der Waals surface area contributed by atoms with Crippen molar-refractivity contribution in [3.63, 3.8) is 0 Å². The molecule has 0 unspecified atom stereocenters. The van der Waals surface area contributed by atoms with E-state index < -0.39 is 0 Å². The van der Waals surface area contributed by atoms with Gasteiger partial charge in [0, 0.05) is 12.7 Å². The van der Waals surface area contributed by atoms with Crippen molar-refractivity contribution in [1.82, 2.24) is 4.98 Å². The van der Waals surface area contributed by atoms with Crippen LogP contribution in [0.1, 0.15) is 11.3 Å². The third kappa shape index (κ3) is 3.37. The smallest absolute Gasteiger partial charge is 0.129 e. The predicted molar refractivity (Wildman–Crippen MR) is 77.5 cm³/mol. The van der Waals surface area contributed by atoms with Gasteiger partial charge in [-0.1, -0.05) is 23.2 Å². The van der Waals surface area contributed by atoms with E-state index in [4.69, 9.17) is 28.5 Å². The van der Waals surface area contributed by atoms with Crippen molar-refractivity contribution in [3.05, 3.63) is 57.8 Å². The van der Waals surface area contributed by atoms with E-state index in [2.05, 4.69) is 11.1 Å². The molecule has 0 saturated carbocycles. The lowest BCUT2D eigenvalue weighted by atomic mass is 10.2. The Bertz CT molecular complexity index is 618. The molecule has 0 radical (unpaired) electrons. The number of pyridine rings is 1. The molecular formula is C14H11Cl2N3. The van der Waals surface area contributed by atoms with Crippen molar-refractivity contribution in [2.75, 3.05) is 11.9 Å². The van der Waals surface area contributed by atoms with Gasteiger partial charge in [0.2, 0.25) is 0 Å². The normalized spacial score (nSPS) is 10.0. The van der Waals surface area contributed by atoms with Crippen LogP contribution in [0.2, 0.25) is 10.2 Å². The summed E-state index contributed by atoms with van der Waals surface area (Å²) in [6.45, 7) is 0.547. The molecule has 96 valence electrons. The van der Waals surface area contributed by atoms with Gasteiger partial charge in [-0.15, -0.1) is 0 Å². The molecule has 0 aliphatic heterocycles. The van der Waals surface area contributed by atoms with Crippen LogP contribution in [0.3, 0.4) is 0 Å². The highest BCUT2D eigenvalue weighted by molar-refractivity contribution is 6.32. The van der Waals surface area contributed by atoms with Crippen molar-refractivity contribution >= 4 is 28.9 Å². The summed E-state index contributed by atoms with van der Waals surface area (Å²) in [7, 11) is 1.93. The Morgan fingerprint density at radius 3 is 2.47 bits per heavy atom. The zero-order valence-corrected chi connectivity index (χ0v) is 11.8. The first-order chi connectivity index (χ1) is 9.10. The third-order valence-electron chi connectivity index (χ3n) is 2.71. The standard InChI is InChI=1S/C14H11Cl2N3/c1-19(11-4-2-10(8-17)3-5-11)9-13-12(15)6-7-14(16)18-13/h2-7H,9H2,1H3. The fraction of sp³-hybridized carbons (Fsp3) is 0.143. The minimum Gasteiger partial charge on any atom is -0.369 e. The predicted octanol–water partition coefficient (Wildman–Crippen LogP) is 3.90. The molecule has 0 saturated heterocycles. The zero-order chi connectivity index (χ0) is 13.8. The van der Waals surface area contributed by atoms with Crippen LogP contribution in [0.25, 0.3) is 0 Å². The highest BCUT2D eigenvalue weighted by atomic mass is 35.5. The molecule has 0 N–H and O–H groups in total. The van der Waals surface area contributed by atoms with Crippen molar-refractivity contribution in [2.45, 2.75) is 6.54 Å². The van der Waals surface area contributed by atoms with Gasteiger partial charge in [0.25, 0.3) is 0 Å². The van der Waals surface area contributed by atoms with Crippen LogP contribution in [0.4, 0.5) is 5.69 Å². The van der Waals surface area contributed by atoms with Gasteiger partial charge in [-0.2, -0.15) is 5.26 Å². The summed E-state index contributed by atoms with van der Waals surface area (Å²) in [6.07, 6.45) is 0. The van der Waals surface area contributed by atoms with Crippen LogP contribution in [-0.2, 0) is 6.54 Å². The first kappa shape index (κ1) is 13.7. The lowest BCUT2D eigenvalue weighted by molar-refractivity contribution is 0.885. The molecule has 19 heavy (non-hydrogen) atoms. The average Bonchev–Trinajstić information content (AvgIpc) is 2.43. The Balaban J connectivity index is 2.18. The second-order valence-electron chi connectivity index (χ2n) is 4.08. The van der Waals surface area contributed by atoms with E-state index in [0.717, 1.165) is 11.4 Å². The summed E-state index contributed by atoms with van der Waals surface area (Å²) >= 11 is 11.9. The van der Waals surface area contributed by atoms with Crippen LogP contribution in [-0.4, -0.2) is 12.0 Å². The number of nitrogens with zero attached hydrogens (tertiary/aromatic N) is 3. The number of benzene rings is 1. The molecular weight excluding hydrogens is 281 g/mol. The number of halogens is 2. The van der Waals surface area contributed by atoms with Crippen molar-refractivity contribution in [1.29, 1.82) is 5.26 Å². The molecule has 1 aromatic heterocycles. The molecule has 0 aliphatic carbocycles. The van der Waals surface area contributed by atoms with Crippen LogP contribution in [0.15, 0.2) is 36.4 Å². The Morgan fingerprint density at radius 2 is 1.84 bits per heavy atom. The molecule has 2 rings (SSSR count). The van der Waals surface area contributed by atoms with E-state index in [1.165, 1.54) is 0 Å². The van der Waals surface area contributed by atoms with Gasteiger partial charge in [0.05, 0.1) is 28.9 Å². The maximum Gasteiger partial charge on any atom is 0.129 e. The summed E-state index contributed by atoms with van der Waals surface area (Å²) in [4.78, 5) is 6.20. The van der Waals surface area contributed by atoms with Crippen molar-refractivity contribution in [2.24, 2.45) is 0 Å². The van der Waals surface area contributed by atoms with E-state index >= 15 is 0 Å². The molecule has 3 nitrogen and oxygen atoms in total. The number of rotatable bonds is 3. The van der Waals surface area contributed by atoms with E-state index in [1.54, 1.807) is 24.3 Å². The molecule has 5 heteroatoms. The van der Waals surface area contributed by atoms with Gasteiger partial charge < -0.3 is 4.90 Å². The summed E-state index contributed by atoms with van der Waals surface area (Å²) < 4.78 is 0. The first-order valence-corrected chi connectivity index (χ1v) is 6.38. The summed E-state index contributed by atoms with van der Waals surface area (Å²) in [5.74, 6) is 0. The quantitative estimate of drug-likeness (QED) is 0.805. The van der Waals surface area contributed by atoms with Crippen molar-refractivity contribution < 1.29 is 0 Å². The second kappa shape index (κ2) is 5.92. The maximum atomic E-state index is 8.76. The molecule has 0 atom stereocenters. The first-order valence-electron chi connectivity index (χ1n) is 5.62. The van der Waals surface area contributed by atoms with Gasteiger partial charge in [-0.05, 0) is 36.4 Å². The monoisotopic (exact) mass is 291 g/mol. The molecule has 0 bridgehead atoms. The number of aromatic nitrogens is 1. The number of anilines is 1. The zero-order valence-electron chi connectivity index (χ0n) is 10.3. The van der Waals surface area contributed by atoms with Crippen LogP contribution < -0.4 is 4.90 Å². The van der Waals surface area contributed by atoms with Gasteiger partial charge >= 0.3 is 0 Å². The summed E-state index contributed by atoms with van der Waals surface area (Å²) in [6, 6.07) is 12.8. The molecule has 0 amide bonds. The third-order valence-corrected chi connectivity index (χ3v) is 3.26. The number of nitriles is 1. The Kier molecular flexibility index (Phi) is 4.26. The minimum atomic E-state index is 0.424. The lowest BCUT2D eigenvalue weighted by Gasteiger charge is -2.19. The highest BCUT2D eigenvalue weighted by Gasteiger charge is 2.08. The van der Waals surface area contributed by atoms with Gasteiger partial charge in [-0.25, -0.2) is 4.98 Å². The number of hydrogen-bond acceptors (Lipinski definition) is 3. The van der Waals surface area contributed by atoms with Crippen molar-refractivity contribution in [3.8, 4) is 6.07 Å². The summed E-state index contributed by atoms with van der Waals surface area (Å²) in [5.41, 5.74) is 2.34. The lowest BCUT2D eigenvalue weighted by Crippen LogP contribution is -2.17. The van der Waals surface area contributed by atoms with Gasteiger partial charge in [0.1, 0.15) is 5.15 Å². The highest BCUT2D eigenvalue weighted by Crippen LogP contribution is 2.21. The maximum absolute atomic E-state index is 8.76. The van der Waals surface area contributed by atoms with E-state index in [9.17, 15) is 0 Å².